The molecule has 3 atom stereocenters. The quantitative estimate of drug-likeness (QED) is 0.349. The van der Waals surface area contributed by atoms with E-state index in [1.165, 1.54) is 0 Å². The Morgan fingerprint density at radius 1 is 1.43 bits per heavy atom. The van der Waals surface area contributed by atoms with Crippen LogP contribution in [0.4, 0.5) is 14.6 Å². The van der Waals surface area contributed by atoms with Crippen LogP contribution in [0, 0.1) is 0 Å². The van der Waals surface area contributed by atoms with Gasteiger partial charge in [0.25, 0.3) is 0 Å². The Morgan fingerprint density at radius 2 is 2.14 bits per heavy atom. The molecular weight excluding hydrogens is 388 g/mol. The van der Waals surface area contributed by atoms with Gasteiger partial charge in [-0.1, -0.05) is 0 Å². The van der Waals surface area contributed by atoms with Gasteiger partial charge in [0.05, 0.1) is 13.0 Å². The number of carbonyl (C=O) groups excluding carboxylic acids is 3. The van der Waals surface area contributed by atoms with E-state index in [-0.39, 0.29) is 18.7 Å². The second-order valence-electron chi connectivity index (χ2n) is 5.73. The van der Waals surface area contributed by atoms with Crippen LogP contribution in [0.1, 0.15) is 19.1 Å². The monoisotopic (exact) mass is 405 g/mol. The standard InChI is InChI=1S/C15H17F2N3O8/c16-15(17)12(25)8(7-22)28-13(15)20-4-3-9(19-14(20)26)18-10(23)1-2-11(24)27-6-5-21/h3-5,8,12-13,22,25H,1-2,6-7H2,(H,18,19,23,26)/t8-,12-,13-/m1/s1. The van der Waals surface area contributed by atoms with Crippen molar-refractivity contribution in [3.8, 4) is 0 Å². The predicted molar refractivity (Wildman–Crippen MR) is 85.3 cm³/mol. The number of aromatic nitrogens is 2. The van der Waals surface area contributed by atoms with Gasteiger partial charge in [0.2, 0.25) is 12.1 Å². The molecule has 0 radical (unpaired) electrons. The average molecular weight is 405 g/mol. The van der Waals surface area contributed by atoms with Gasteiger partial charge in [-0.2, -0.15) is 13.8 Å². The van der Waals surface area contributed by atoms with E-state index >= 15 is 0 Å². The molecule has 28 heavy (non-hydrogen) atoms. The van der Waals surface area contributed by atoms with Crippen molar-refractivity contribution in [1.29, 1.82) is 0 Å². The molecule has 1 aromatic heterocycles. The predicted octanol–water partition coefficient (Wildman–Crippen LogP) is -1.41. The summed E-state index contributed by atoms with van der Waals surface area (Å²) in [4.78, 5) is 48.4. The lowest BCUT2D eigenvalue weighted by molar-refractivity contribution is -0.146. The molecular formula is C15H17F2N3O8. The smallest absolute Gasteiger partial charge is 0.351 e. The highest BCUT2D eigenvalue weighted by Gasteiger charge is 2.59. The molecule has 2 rings (SSSR count). The Bertz CT molecular complexity index is 800. The van der Waals surface area contributed by atoms with Crippen LogP contribution in [0.15, 0.2) is 17.1 Å². The number of aldehydes is 1. The summed E-state index contributed by atoms with van der Waals surface area (Å²) in [6, 6.07) is 1.04. The van der Waals surface area contributed by atoms with Crippen LogP contribution < -0.4 is 11.0 Å². The summed E-state index contributed by atoms with van der Waals surface area (Å²) in [5.74, 6) is -5.59. The van der Waals surface area contributed by atoms with Crippen LogP contribution in [0.2, 0.25) is 0 Å². The van der Waals surface area contributed by atoms with E-state index in [0.717, 1.165) is 12.3 Å². The third-order valence-corrected chi connectivity index (χ3v) is 3.78. The maximum Gasteiger partial charge on any atom is 0.351 e. The first kappa shape index (κ1) is 21.5. The van der Waals surface area contributed by atoms with E-state index in [0.29, 0.717) is 10.9 Å². The minimum atomic E-state index is -3.86. The summed E-state index contributed by atoms with van der Waals surface area (Å²) in [6.07, 6.45) is -5.46. The fourth-order valence-corrected chi connectivity index (χ4v) is 2.40. The lowest BCUT2D eigenvalue weighted by Crippen LogP contribution is -2.41. The van der Waals surface area contributed by atoms with Gasteiger partial charge in [0, 0.05) is 12.6 Å². The van der Waals surface area contributed by atoms with E-state index in [9.17, 15) is 33.1 Å². The number of alkyl halides is 2. The second kappa shape index (κ2) is 8.95. The van der Waals surface area contributed by atoms with Crippen LogP contribution in [0.3, 0.4) is 0 Å². The SMILES string of the molecule is O=CCOC(=O)CCC(=O)Nc1ccn([C@@H]2O[C@H](CO)[C@@H](O)C2(F)F)c(=O)n1. The van der Waals surface area contributed by atoms with E-state index in [4.69, 9.17) is 9.84 Å². The summed E-state index contributed by atoms with van der Waals surface area (Å²) in [5.41, 5.74) is -1.20. The van der Waals surface area contributed by atoms with Gasteiger partial charge in [0.15, 0.2) is 12.4 Å². The summed E-state index contributed by atoms with van der Waals surface area (Å²) < 4.78 is 37.8. The van der Waals surface area contributed by atoms with Crippen LogP contribution in [0.25, 0.3) is 0 Å². The van der Waals surface area contributed by atoms with Crippen LogP contribution in [0.5, 0.6) is 0 Å². The van der Waals surface area contributed by atoms with E-state index in [1.807, 2.05) is 0 Å². The zero-order chi connectivity index (χ0) is 20.9. The van der Waals surface area contributed by atoms with Crippen molar-refractivity contribution in [3.63, 3.8) is 0 Å². The maximum atomic E-state index is 14.1. The van der Waals surface area contributed by atoms with Crippen molar-refractivity contribution < 1.29 is 42.9 Å². The molecule has 11 nitrogen and oxygen atoms in total. The van der Waals surface area contributed by atoms with Crippen molar-refractivity contribution >= 4 is 24.0 Å². The molecule has 1 aromatic rings. The number of aliphatic hydroxyl groups is 2. The van der Waals surface area contributed by atoms with Gasteiger partial charge in [0.1, 0.15) is 18.5 Å². The first-order valence-corrected chi connectivity index (χ1v) is 8.01. The van der Waals surface area contributed by atoms with Gasteiger partial charge in [-0.25, -0.2) is 4.79 Å². The van der Waals surface area contributed by atoms with Crippen molar-refractivity contribution in [2.24, 2.45) is 0 Å². The molecule has 1 aliphatic heterocycles. The Kier molecular flexibility index (Phi) is 6.88. The molecule has 1 saturated heterocycles. The number of hydrogen-bond donors (Lipinski definition) is 3. The molecule has 0 spiro atoms. The molecule has 3 N–H and O–H groups in total. The van der Waals surface area contributed by atoms with Crippen LogP contribution >= 0.6 is 0 Å². The average Bonchev–Trinajstić information content (AvgIpc) is 2.88. The number of amides is 1. The van der Waals surface area contributed by atoms with Crippen LogP contribution in [-0.4, -0.2) is 69.3 Å². The van der Waals surface area contributed by atoms with Crippen molar-refractivity contribution in [2.75, 3.05) is 18.5 Å². The topological polar surface area (TPSA) is 157 Å². The van der Waals surface area contributed by atoms with Gasteiger partial charge in [-0.15, -0.1) is 0 Å². The molecule has 1 aliphatic rings. The Balaban J connectivity index is 2.03. The Morgan fingerprint density at radius 3 is 2.71 bits per heavy atom. The number of nitrogens with zero attached hydrogens (tertiary/aromatic N) is 2. The van der Waals surface area contributed by atoms with Gasteiger partial charge >= 0.3 is 17.6 Å². The van der Waals surface area contributed by atoms with Crippen molar-refractivity contribution in [2.45, 2.75) is 37.2 Å². The first-order chi connectivity index (χ1) is 13.2. The molecule has 0 aromatic carbocycles. The number of aliphatic hydroxyl groups excluding tert-OH is 2. The summed E-state index contributed by atoms with van der Waals surface area (Å²) in [6.45, 7) is -1.31. The number of hydrogen-bond acceptors (Lipinski definition) is 9. The molecule has 0 saturated carbocycles. The zero-order valence-corrected chi connectivity index (χ0v) is 14.3. The molecule has 0 unspecified atom stereocenters. The number of nitrogens with one attached hydrogen (secondary N) is 1. The first-order valence-electron chi connectivity index (χ1n) is 8.01. The fraction of sp³-hybridized carbons (Fsp3) is 0.533. The largest absolute Gasteiger partial charge is 0.458 e. The lowest BCUT2D eigenvalue weighted by atomic mass is 10.1. The lowest BCUT2D eigenvalue weighted by Gasteiger charge is -2.21. The highest BCUT2D eigenvalue weighted by molar-refractivity contribution is 5.91. The number of anilines is 1. The Labute approximate surface area is 155 Å². The van der Waals surface area contributed by atoms with Crippen molar-refractivity contribution in [3.05, 3.63) is 22.7 Å². The minimum Gasteiger partial charge on any atom is -0.458 e. The van der Waals surface area contributed by atoms with Gasteiger partial charge in [-0.3, -0.25) is 19.0 Å². The minimum absolute atomic E-state index is 0.256. The fourth-order valence-electron chi connectivity index (χ4n) is 2.40. The van der Waals surface area contributed by atoms with Crippen LogP contribution in [-0.2, 0) is 23.9 Å². The maximum absolute atomic E-state index is 14.1. The molecule has 0 bridgehead atoms. The second-order valence-corrected chi connectivity index (χ2v) is 5.73. The Hall–Kier alpha value is -2.77. The number of carbonyl (C=O) groups is 3. The van der Waals surface area contributed by atoms with E-state index in [2.05, 4.69) is 15.0 Å². The third-order valence-electron chi connectivity index (χ3n) is 3.78. The van der Waals surface area contributed by atoms with Gasteiger partial charge < -0.3 is 25.0 Å². The zero-order valence-electron chi connectivity index (χ0n) is 14.3. The number of ether oxygens (including phenoxy) is 2. The molecule has 0 aliphatic carbocycles. The summed E-state index contributed by atoms with van der Waals surface area (Å²) in [7, 11) is 0. The highest BCUT2D eigenvalue weighted by atomic mass is 19.3. The third kappa shape index (κ3) is 4.74. The van der Waals surface area contributed by atoms with Gasteiger partial charge in [-0.05, 0) is 6.07 Å². The molecule has 13 heteroatoms. The molecule has 154 valence electrons. The van der Waals surface area contributed by atoms with Crippen molar-refractivity contribution in [1.82, 2.24) is 9.55 Å². The number of halogens is 2. The summed E-state index contributed by atoms with van der Waals surface area (Å²) >= 11 is 0. The molecule has 2 heterocycles. The molecule has 1 fully saturated rings. The number of esters is 1. The normalized spacial score (nSPS) is 23.2. The highest BCUT2D eigenvalue weighted by Crippen LogP contribution is 2.41. The summed E-state index contributed by atoms with van der Waals surface area (Å²) in [5, 5.41) is 20.7. The number of rotatable bonds is 8. The van der Waals surface area contributed by atoms with E-state index in [1.54, 1.807) is 0 Å². The molecule has 1 amide bonds. The van der Waals surface area contributed by atoms with E-state index < -0.39 is 55.1 Å².